The second kappa shape index (κ2) is 10.6. The Morgan fingerprint density at radius 3 is 2.60 bits per heavy atom. The molecule has 0 unspecified atom stereocenters. The fraction of sp³-hybridized carbons (Fsp3) is 0.310. The maximum Gasteiger partial charge on any atom is 0.223 e. The second-order valence-electron chi connectivity index (χ2n) is 9.01. The maximum atomic E-state index is 12.8. The number of imidazole rings is 1. The number of aromatic nitrogens is 2. The fourth-order valence-electron chi connectivity index (χ4n) is 4.80. The van der Waals surface area contributed by atoms with Gasteiger partial charge in [-0.2, -0.15) is 0 Å². The lowest BCUT2D eigenvalue weighted by atomic mass is 10.1. The number of hydrogen-bond acceptors (Lipinski definition) is 4. The zero-order chi connectivity index (χ0) is 24.0. The molecule has 1 saturated heterocycles. The molecule has 1 aromatic heterocycles. The average molecular weight is 470 g/mol. The highest BCUT2D eigenvalue weighted by Gasteiger charge is 2.33. The molecular weight excluding hydrogens is 438 g/mol. The van der Waals surface area contributed by atoms with Crippen molar-refractivity contribution in [3.63, 3.8) is 0 Å². The van der Waals surface area contributed by atoms with Gasteiger partial charge in [0.05, 0.1) is 24.8 Å². The molecule has 0 saturated carbocycles. The molecule has 1 fully saturated rings. The lowest BCUT2D eigenvalue weighted by Gasteiger charge is -2.17. The van der Waals surface area contributed by atoms with Crippen LogP contribution >= 0.6 is 0 Å². The number of likely N-dealkylation sites (tertiary alicyclic amines) is 1. The molecule has 0 aliphatic carbocycles. The highest BCUT2D eigenvalue weighted by Crippen LogP contribution is 2.31. The minimum atomic E-state index is 0.103. The van der Waals surface area contributed by atoms with E-state index in [0.717, 1.165) is 53.3 Å². The lowest BCUT2D eigenvalue weighted by Crippen LogP contribution is -2.24. The molecule has 1 aliphatic heterocycles. The zero-order valence-corrected chi connectivity index (χ0v) is 20.1. The summed E-state index contributed by atoms with van der Waals surface area (Å²) in [4.78, 5) is 19.8. The molecule has 0 radical (unpaired) electrons. The van der Waals surface area contributed by atoms with E-state index >= 15 is 0 Å². The quantitative estimate of drug-likeness (QED) is 0.291. The Kier molecular flexibility index (Phi) is 6.98. The fourth-order valence-corrected chi connectivity index (χ4v) is 4.80. The van der Waals surface area contributed by atoms with Crippen LogP contribution in [0.25, 0.3) is 11.0 Å². The number of hydrogen-bond donors (Lipinski definition) is 0. The first-order valence-electron chi connectivity index (χ1n) is 12.2. The van der Waals surface area contributed by atoms with Crippen molar-refractivity contribution in [2.75, 3.05) is 20.3 Å². The van der Waals surface area contributed by atoms with E-state index in [-0.39, 0.29) is 11.8 Å². The molecule has 180 valence electrons. The van der Waals surface area contributed by atoms with E-state index in [2.05, 4.69) is 34.9 Å². The number of unbranched alkanes of at least 4 members (excludes halogenated alkanes) is 1. The molecular formula is C29H31N3O3. The monoisotopic (exact) mass is 469 g/mol. The van der Waals surface area contributed by atoms with Crippen molar-refractivity contribution >= 4 is 16.9 Å². The first-order valence-corrected chi connectivity index (χ1v) is 12.2. The van der Waals surface area contributed by atoms with Crippen molar-refractivity contribution in [3.8, 4) is 11.5 Å². The average Bonchev–Trinajstić information content (AvgIpc) is 3.44. The van der Waals surface area contributed by atoms with Gasteiger partial charge in [0.2, 0.25) is 5.91 Å². The standard InChI is InChI=1S/C29H31N3O3/c1-34-24-12-9-13-25(19-24)35-17-8-7-16-32-27-15-6-5-14-26(27)30-29(32)23-18-28(33)31(21-23)20-22-10-3-2-4-11-22/h2-6,9-15,19,23H,7-8,16-18,20-21H2,1H3/t23-/m1/s1. The minimum absolute atomic E-state index is 0.103. The third kappa shape index (κ3) is 5.32. The third-order valence-corrected chi connectivity index (χ3v) is 6.57. The van der Waals surface area contributed by atoms with Crippen LogP contribution < -0.4 is 9.47 Å². The van der Waals surface area contributed by atoms with E-state index in [1.54, 1.807) is 7.11 Å². The first-order chi connectivity index (χ1) is 17.2. The maximum absolute atomic E-state index is 12.8. The molecule has 35 heavy (non-hydrogen) atoms. The predicted octanol–water partition coefficient (Wildman–Crippen LogP) is 5.42. The number of amides is 1. The molecule has 5 rings (SSSR count). The Morgan fingerprint density at radius 1 is 0.943 bits per heavy atom. The van der Waals surface area contributed by atoms with Crippen LogP contribution in [0.4, 0.5) is 0 Å². The van der Waals surface area contributed by atoms with E-state index in [1.165, 1.54) is 0 Å². The van der Waals surface area contributed by atoms with Crippen LogP contribution in [0, 0.1) is 0 Å². The number of fused-ring (bicyclic) bond motifs is 1. The van der Waals surface area contributed by atoms with Crippen molar-refractivity contribution in [1.29, 1.82) is 0 Å². The number of aryl methyl sites for hydroxylation is 1. The molecule has 6 heteroatoms. The van der Waals surface area contributed by atoms with Gasteiger partial charge in [0, 0.05) is 38.0 Å². The number of para-hydroxylation sites is 2. The van der Waals surface area contributed by atoms with Crippen LogP contribution in [0.2, 0.25) is 0 Å². The van der Waals surface area contributed by atoms with Crippen LogP contribution in [0.3, 0.4) is 0 Å². The minimum Gasteiger partial charge on any atom is -0.497 e. The third-order valence-electron chi connectivity index (χ3n) is 6.57. The van der Waals surface area contributed by atoms with Crippen LogP contribution in [0.1, 0.15) is 36.6 Å². The Labute approximate surface area is 206 Å². The van der Waals surface area contributed by atoms with Gasteiger partial charge in [-0.05, 0) is 42.7 Å². The summed E-state index contributed by atoms with van der Waals surface area (Å²) in [7, 11) is 1.66. The smallest absolute Gasteiger partial charge is 0.223 e. The Morgan fingerprint density at radius 2 is 1.74 bits per heavy atom. The van der Waals surface area contributed by atoms with Crippen LogP contribution in [0.5, 0.6) is 11.5 Å². The summed E-state index contributed by atoms with van der Waals surface area (Å²) in [6.07, 6.45) is 2.40. The molecule has 0 bridgehead atoms. The number of benzene rings is 3. The topological polar surface area (TPSA) is 56.6 Å². The van der Waals surface area contributed by atoms with Gasteiger partial charge in [-0.1, -0.05) is 48.5 Å². The van der Waals surface area contributed by atoms with Gasteiger partial charge >= 0.3 is 0 Å². The Bertz CT molecular complexity index is 1280. The number of carbonyl (C=O) groups is 1. The normalized spacial score (nSPS) is 15.6. The summed E-state index contributed by atoms with van der Waals surface area (Å²) in [5.41, 5.74) is 3.28. The SMILES string of the molecule is COc1cccc(OCCCCn2c([C@@H]3CC(=O)N(Cc4ccccc4)C3)nc3ccccc32)c1. The van der Waals surface area contributed by atoms with E-state index in [9.17, 15) is 4.79 Å². The van der Waals surface area contributed by atoms with E-state index in [4.69, 9.17) is 14.5 Å². The van der Waals surface area contributed by atoms with Crippen molar-refractivity contribution in [2.45, 2.75) is 38.3 Å². The van der Waals surface area contributed by atoms with Gasteiger partial charge in [-0.15, -0.1) is 0 Å². The van der Waals surface area contributed by atoms with E-state index in [0.29, 0.717) is 26.1 Å². The zero-order valence-electron chi connectivity index (χ0n) is 20.1. The molecule has 1 aliphatic rings. The van der Waals surface area contributed by atoms with Crippen LogP contribution in [0.15, 0.2) is 78.9 Å². The number of nitrogens with zero attached hydrogens (tertiary/aromatic N) is 3. The van der Waals surface area contributed by atoms with Crippen LogP contribution in [-0.2, 0) is 17.9 Å². The number of rotatable bonds is 10. The summed E-state index contributed by atoms with van der Waals surface area (Å²) in [5.74, 6) is 2.94. The number of methoxy groups -OCH3 is 1. The molecule has 4 aromatic rings. The lowest BCUT2D eigenvalue weighted by molar-refractivity contribution is -0.128. The predicted molar refractivity (Wildman–Crippen MR) is 137 cm³/mol. The van der Waals surface area contributed by atoms with Gasteiger partial charge in [-0.25, -0.2) is 4.98 Å². The highest BCUT2D eigenvalue weighted by molar-refractivity contribution is 5.81. The van der Waals surface area contributed by atoms with Gasteiger partial charge in [0.1, 0.15) is 17.3 Å². The van der Waals surface area contributed by atoms with Gasteiger partial charge in [-0.3, -0.25) is 4.79 Å². The van der Waals surface area contributed by atoms with Crippen molar-refractivity contribution in [2.24, 2.45) is 0 Å². The second-order valence-corrected chi connectivity index (χ2v) is 9.01. The van der Waals surface area contributed by atoms with Crippen molar-refractivity contribution in [3.05, 3.63) is 90.3 Å². The largest absolute Gasteiger partial charge is 0.497 e. The summed E-state index contributed by atoms with van der Waals surface area (Å²) >= 11 is 0. The summed E-state index contributed by atoms with van der Waals surface area (Å²) in [6, 6.07) is 26.1. The number of carbonyl (C=O) groups excluding carboxylic acids is 1. The first kappa shape index (κ1) is 23.0. The molecule has 0 N–H and O–H groups in total. The Balaban J connectivity index is 1.25. The molecule has 3 aromatic carbocycles. The van der Waals surface area contributed by atoms with Gasteiger partial charge < -0.3 is 18.9 Å². The molecule has 0 spiro atoms. The number of ether oxygens (including phenoxy) is 2. The van der Waals surface area contributed by atoms with Crippen molar-refractivity contribution < 1.29 is 14.3 Å². The van der Waals surface area contributed by atoms with E-state index in [1.807, 2.05) is 53.4 Å². The molecule has 6 nitrogen and oxygen atoms in total. The van der Waals surface area contributed by atoms with Gasteiger partial charge in [0.25, 0.3) is 0 Å². The molecule has 1 amide bonds. The van der Waals surface area contributed by atoms with E-state index < -0.39 is 0 Å². The van der Waals surface area contributed by atoms with Crippen LogP contribution in [-0.4, -0.2) is 40.6 Å². The van der Waals surface area contributed by atoms with Gasteiger partial charge in [0.15, 0.2) is 0 Å². The summed E-state index contributed by atoms with van der Waals surface area (Å²) in [5, 5.41) is 0. The molecule has 2 heterocycles. The summed E-state index contributed by atoms with van der Waals surface area (Å²) in [6.45, 7) is 2.84. The molecule has 1 atom stereocenters. The highest BCUT2D eigenvalue weighted by atomic mass is 16.5. The van der Waals surface area contributed by atoms with Crippen molar-refractivity contribution in [1.82, 2.24) is 14.5 Å². The Hall–Kier alpha value is -3.80. The summed E-state index contributed by atoms with van der Waals surface area (Å²) < 4.78 is 13.5.